The first-order chi connectivity index (χ1) is 9.61. The van der Waals surface area contributed by atoms with Crippen LogP contribution >= 0.6 is 11.6 Å². The second-order valence-corrected chi connectivity index (χ2v) is 6.23. The minimum Gasteiger partial charge on any atom is -0.383 e. The van der Waals surface area contributed by atoms with Crippen LogP contribution in [0.5, 0.6) is 0 Å². The molecule has 2 atom stereocenters. The Morgan fingerprint density at radius 3 is 2.85 bits per heavy atom. The molecule has 0 aromatic heterocycles. The molecule has 1 aromatic rings. The van der Waals surface area contributed by atoms with E-state index in [0.29, 0.717) is 0 Å². The number of nitrogens with one attached hydrogen (secondary N) is 1. The minimum absolute atomic E-state index is 0.728. The van der Waals surface area contributed by atoms with Gasteiger partial charge in [-0.15, -0.1) is 0 Å². The van der Waals surface area contributed by atoms with Gasteiger partial charge in [0.2, 0.25) is 0 Å². The Morgan fingerprint density at radius 2 is 2.20 bits per heavy atom. The lowest BCUT2D eigenvalue weighted by Crippen LogP contribution is -2.24. The van der Waals surface area contributed by atoms with Crippen LogP contribution in [0.25, 0.3) is 0 Å². The molecule has 0 heterocycles. The van der Waals surface area contributed by atoms with Gasteiger partial charge in [0.05, 0.1) is 6.61 Å². The number of hydrogen-bond acceptors (Lipinski definition) is 3. The van der Waals surface area contributed by atoms with Crippen molar-refractivity contribution in [1.82, 2.24) is 5.32 Å². The molecule has 1 aromatic carbocycles. The third-order valence-corrected chi connectivity index (χ3v) is 4.27. The van der Waals surface area contributed by atoms with Gasteiger partial charge in [0.25, 0.3) is 0 Å². The third-order valence-electron chi connectivity index (χ3n) is 4.04. The SMILES string of the molecule is COCCNCc1cc(Cl)ccc1N(C)CC1CC1C. The quantitative estimate of drug-likeness (QED) is 0.746. The highest BCUT2D eigenvalue weighted by Crippen LogP contribution is 2.39. The molecule has 1 N–H and O–H groups in total. The summed E-state index contributed by atoms with van der Waals surface area (Å²) in [7, 11) is 3.89. The average Bonchev–Trinajstić information content (AvgIpc) is 3.10. The summed E-state index contributed by atoms with van der Waals surface area (Å²) < 4.78 is 5.05. The van der Waals surface area contributed by atoms with Crippen LogP contribution in [0.1, 0.15) is 18.9 Å². The van der Waals surface area contributed by atoms with Crippen LogP contribution in [0.2, 0.25) is 5.02 Å². The number of methoxy groups -OCH3 is 1. The van der Waals surface area contributed by atoms with Gasteiger partial charge in [-0.1, -0.05) is 18.5 Å². The highest BCUT2D eigenvalue weighted by molar-refractivity contribution is 6.30. The predicted octanol–water partition coefficient (Wildman–Crippen LogP) is 3.17. The summed E-state index contributed by atoms with van der Waals surface area (Å²) in [6.07, 6.45) is 1.36. The molecule has 20 heavy (non-hydrogen) atoms. The van der Waals surface area contributed by atoms with Crippen LogP contribution in [-0.4, -0.2) is 33.9 Å². The largest absolute Gasteiger partial charge is 0.383 e. The van der Waals surface area contributed by atoms with Crippen molar-refractivity contribution in [3.05, 3.63) is 28.8 Å². The van der Waals surface area contributed by atoms with Crippen LogP contribution in [0.15, 0.2) is 18.2 Å². The van der Waals surface area contributed by atoms with E-state index >= 15 is 0 Å². The Bertz CT molecular complexity index is 438. The van der Waals surface area contributed by atoms with Crippen molar-refractivity contribution in [3.63, 3.8) is 0 Å². The molecule has 1 aliphatic rings. The van der Waals surface area contributed by atoms with Gasteiger partial charge in [0, 0.05) is 44.5 Å². The van der Waals surface area contributed by atoms with Crippen molar-refractivity contribution < 1.29 is 4.74 Å². The highest BCUT2D eigenvalue weighted by atomic mass is 35.5. The summed E-state index contributed by atoms with van der Waals surface area (Å²) in [4.78, 5) is 2.36. The summed E-state index contributed by atoms with van der Waals surface area (Å²) in [5, 5.41) is 4.19. The summed E-state index contributed by atoms with van der Waals surface area (Å²) in [6, 6.07) is 6.16. The van der Waals surface area contributed by atoms with Crippen LogP contribution in [0.3, 0.4) is 0 Å². The molecular weight excluding hydrogens is 272 g/mol. The zero-order chi connectivity index (χ0) is 14.5. The Hall–Kier alpha value is -0.770. The second kappa shape index (κ2) is 7.30. The van der Waals surface area contributed by atoms with Crippen molar-refractivity contribution in [3.8, 4) is 0 Å². The van der Waals surface area contributed by atoms with Gasteiger partial charge in [0.15, 0.2) is 0 Å². The summed E-state index contributed by atoms with van der Waals surface area (Å²) in [5.41, 5.74) is 2.53. The second-order valence-electron chi connectivity index (χ2n) is 5.80. The topological polar surface area (TPSA) is 24.5 Å². The maximum absolute atomic E-state index is 6.13. The van der Waals surface area contributed by atoms with E-state index in [1.807, 2.05) is 6.07 Å². The van der Waals surface area contributed by atoms with Crippen molar-refractivity contribution in [2.45, 2.75) is 19.9 Å². The number of halogens is 1. The van der Waals surface area contributed by atoms with Crippen molar-refractivity contribution in [2.24, 2.45) is 11.8 Å². The van der Waals surface area contributed by atoms with Crippen molar-refractivity contribution in [1.29, 1.82) is 0 Å². The molecular formula is C16H25ClN2O. The normalized spacial score (nSPS) is 21.0. The number of benzene rings is 1. The van der Waals surface area contributed by atoms with Gasteiger partial charge in [-0.25, -0.2) is 0 Å². The molecule has 112 valence electrons. The lowest BCUT2D eigenvalue weighted by Gasteiger charge is -2.23. The number of anilines is 1. The smallest absolute Gasteiger partial charge is 0.0587 e. The molecule has 4 heteroatoms. The molecule has 0 amide bonds. The van der Waals surface area contributed by atoms with E-state index < -0.39 is 0 Å². The first-order valence-electron chi connectivity index (χ1n) is 7.31. The zero-order valence-electron chi connectivity index (χ0n) is 12.7. The number of rotatable bonds is 8. The Morgan fingerprint density at radius 1 is 1.45 bits per heavy atom. The Kier molecular flexibility index (Phi) is 5.70. The molecule has 0 aliphatic heterocycles. The number of nitrogens with zero attached hydrogens (tertiary/aromatic N) is 1. The minimum atomic E-state index is 0.728. The van der Waals surface area contributed by atoms with E-state index in [9.17, 15) is 0 Å². The molecule has 1 saturated carbocycles. The maximum Gasteiger partial charge on any atom is 0.0587 e. The zero-order valence-corrected chi connectivity index (χ0v) is 13.4. The fourth-order valence-electron chi connectivity index (χ4n) is 2.57. The number of ether oxygens (including phenoxy) is 1. The van der Waals surface area contributed by atoms with Crippen molar-refractivity contribution in [2.75, 3.05) is 38.8 Å². The van der Waals surface area contributed by atoms with Crippen LogP contribution in [-0.2, 0) is 11.3 Å². The molecule has 0 saturated heterocycles. The van der Waals surface area contributed by atoms with E-state index in [2.05, 4.69) is 36.3 Å². The van der Waals surface area contributed by atoms with Crippen molar-refractivity contribution >= 4 is 17.3 Å². The van der Waals surface area contributed by atoms with Gasteiger partial charge in [-0.3, -0.25) is 0 Å². The lowest BCUT2D eigenvalue weighted by atomic mass is 10.1. The monoisotopic (exact) mass is 296 g/mol. The lowest BCUT2D eigenvalue weighted by molar-refractivity contribution is 0.199. The molecule has 2 rings (SSSR count). The van der Waals surface area contributed by atoms with E-state index in [0.717, 1.165) is 43.1 Å². The average molecular weight is 297 g/mol. The first kappa shape index (κ1) is 15.6. The fraction of sp³-hybridized carbons (Fsp3) is 0.625. The molecule has 1 fully saturated rings. The van der Waals surface area contributed by atoms with Gasteiger partial charge in [-0.2, -0.15) is 0 Å². The molecule has 3 nitrogen and oxygen atoms in total. The van der Waals surface area contributed by atoms with Crippen LogP contribution < -0.4 is 10.2 Å². The molecule has 0 radical (unpaired) electrons. The molecule has 0 bridgehead atoms. The number of hydrogen-bond donors (Lipinski definition) is 1. The van der Waals surface area contributed by atoms with Gasteiger partial charge in [-0.05, 0) is 42.0 Å². The van der Waals surface area contributed by atoms with E-state index in [1.165, 1.54) is 17.7 Å². The molecule has 2 unspecified atom stereocenters. The maximum atomic E-state index is 6.13. The van der Waals surface area contributed by atoms with Crippen LogP contribution in [0, 0.1) is 11.8 Å². The van der Waals surface area contributed by atoms with Gasteiger partial charge >= 0.3 is 0 Å². The molecule has 1 aliphatic carbocycles. The van der Waals surface area contributed by atoms with Gasteiger partial charge < -0.3 is 15.0 Å². The third kappa shape index (κ3) is 4.37. The highest BCUT2D eigenvalue weighted by Gasteiger charge is 2.33. The molecule has 0 spiro atoms. The van der Waals surface area contributed by atoms with Crippen LogP contribution in [0.4, 0.5) is 5.69 Å². The first-order valence-corrected chi connectivity index (χ1v) is 7.69. The Labute approximate surface area is 127 Å². The summed E-state index contributed by atoms with van der Waals surface area (Å²) >= 11 is 6.13. The van der Waals surface area contributed by atoms with E-state index in [4.69, 9.17) is 16.3 Å². The van der Waals surface area contributed by atoms with E-state index in [-0.39, 0.29) is 0 Å². The fourth-order valence-corrected chi connectivity index (χ4v) is 2.76. The predicted molar refractivity (Wildman–Crippen MR) is 85.6 cm³/mol. The van der Waals surface area contributed by atoms with Gasteiger partial charge in [0.1, 0.15) is 0 Å². The summed E-state index contributed by atoms with van der Waals surface area (Å²) in [5.74, 6) is 1.73. The standard InChI is InChI=1S/C16H25ClN2O/c1-12-8-14(12)11-19(2)16-5-4-15(17)9-13(16)10-18-6-7-20-3/h4-5,9,12,14,18H,6-8,10-11H2,1-3H3. The Balaban J connectivity index is 1.98. The van der Waals surface area contributed by atoms with E-state index in [1.54, 1.807) is 7.11 Å². The summed E-state index contributed by atoms with van der Waals surface area (Å²) in [6.45, 7) is 5.86.